The Kier molecular flexibility index (Phi) is 4.04. The van der Waals surface area contributed by atoms with Crippen LogP contribution in [0.1, 0.15) is 6.92 Å². The zero-order valence-electron chi connectivity index (χ0n) is 5.59. The predicted molar refractivity (Wildman–Crippen MR) is 37.6 cm³/mol. The summed E-state index contributed by atoms with van der Waals surface area (Å²) < 4.78 is 0. The Bertz CT molecular complexity index is 84.4. The average Bonchev–Trinajstić information content (AvgIpc) is 1.83. The third-order valence-electron chi connectivity index (χ3n) is 0.975. The fourth-order valence-electron chi connectivity index (χ4n) is 0.313. The summed E-state index contributed by atoms with van der Waals surface area (Å²) >= 11 is 0. The molecule has 0 bridgehead atoms. The van der Waals surface area contributed by atoms with Crippen LogP contribution in [-0.2, 0) is 0 Å². The van der Waals surface area contributed by atoms with Crippen molar-refractivity contribution < 1.29 is 0 Å². The largest absolute Gasteiger partial charge is 0.381 e. The van der Waals surface area contributed by atoms with E-state index in [9.17, 15) is 0 Å². The van der Waals surface area contributed by atoms with Gasteiger partial charge in [0.05, 0.1) is 0 Å². The fourth-order valence-corrected chi connectivity index (χ4v) is 0.313. The molecular formula is C7H13N. The van der Waals surface area contributed by atoms with Gasteiger partial charge in [-0.25, -0.2) is 0 Å². The molecule has 0 atom stereocenters. The first-order valence-corrected chi connectivity index (χ1v) is 2.80. The maximum absolute atomic E-state index is 3.55. The quantitative estimate of drug-likeness (QED) is 0.500. The van der Waals surface area contributed by atoms with E-state index >= 15 is 0 Å². The van der Waals surface area contributed by atoms with Gasteiger partial charge < -0.3 is 4.90 Å². The second-order valence-corrected chi connectivity index (χ2v) is 1.65. The molecule has 0 saturated carbocycles. The van der Waals surface area contributed by atoms with E-state index in [1.807, 2.05) is 19.3 Å². The van der Waals surface area contributed by atoms with Crippen LogP contribution in [0.15, 0.2) is 24.9 Å². The molecule has 0 aromatic heterocycles. The van der Waals surface area contributed by atoms with Gasteiger partial charge in [-0.15, -0.1) is 0 Å². The van der Waals surface area contributed by atoms with Crippen molar-refractivity contribution in [3.05, 3.63) is 24.9 Å². The van der Waals surface area contributed by atoms with E-state index in [0.717, 1.165) is 6.54 Å². The summed E-state index contributed by atoms with van der Waals surface area (Å²) in [5.74, 6) is 0. The Morgan fingerprint density at radius 3 is 2.62 bits per heavy atom. The van der Waals surface area contributed by atoms with Crippen molar-refractivity contribution in [2.45, 2.75) is 6.92 Å². The number of hydrogen-bond acceptors (Lipinski definition) is 1. The lowest BCUT2D eigenvalue weighted by Crippen LogP contribution is -2.07. The molecule has 0 aliphatic heterocycles. The highest BCUT2D eigenvalue weighted by atomic mass is 15.1. The molecule has 0 amide bonds. The first-order chi connectivity index (χ1) is 3.81. The van der Waals surface area contributed by atoms with Crippen LogP contribution in [0.3, 0.4) is 0 Å². The van der Waals surface area contributed by atoms with Gasteiger partial charge in [0.25, 0.3) is 0 Å². The van der Waals surface area contributed by atoms with Crippen molar-refractivity contribution in [3.63, 3.8) is 0 Å². The first-order valence-electron chi connectivity index (χ1n) is 2.80. The highest BCUT2D eigenvalue weighted by molar-refractivity contribution is 4.95. The molecule has 0 N–H and O–H groups in total. The second-order valence-electron chi connectivity index (χ2n) is 1.65. The van der Waals surface area contributed by atoms with Crippen LogP contribution in [-0.4, -0.2) is 18.5 Å². The molecule has 1 nitrogen and oxygen atoms in total. The third-order valence-corrected chi connectivity index (χ3v) is 0.975. The number of hydrogen-bond donors (Lipinski definition) is 0. The van der Waals surface area contributed by atoms with Crippen molar-refractivity contribution in [1.82, 2.24) is 4.90 Å². The molecule has 0 unspecified atom stereocenters. The van der Waals surface area contributed by atoms with Gasteiger partial charge in [0, 0.05) is 13.6 Å². The Morgan fingerprint density at radius 1 is 1.62 bits per heavy atom. The summed E-state index contributed by atoms with van der Waals surface area (Å²) in [6.07, 6.45) is 5.68. The van der Waals surface area contributed by atoms with E-state index in [1.165, 1.54) is 0 Å². The van der Waals surface area contributed by atoms with Gasteiger partial charge in [-0.3, -0.25) is 0 Å². The fraction of sp³-hybridized carbons (Fsp3) is 0.429. The molecule has 46 valence electrons. The van der Waals surface area contributed by atoms with Crippen LogP contribution < -0.4 is 0 Å². The Morgan fingerprint density at radius 2 is 2.25 bits per heavy atom. The van der Waals surface area contributed by atoms with Gasteiger partial charge >= 0.3 is 0 Å². The van der Waals surface area contributed by atoms with E-state index in [0.29, 0.717) is 0 Å². The zero-order valence-corrected chi connectivity index (χ0v) is 5.59. The molecule has 0 aliphatic rings. The molecule has 0 saturated heterocycles. The van der Waals surface area contributed by atoms with Crippen LogP contribution in [0.25, 0.3) is 0 Å². The van der Waals surface area contributed by atoms with Gasteiger partial charge in [0.1, 0.15) is 0 Å². The highest BCUT2D eigenvalue weighted by Gasteiger charge is 1.77. The Hall–Kier alpha value is -0.720. The van der Waals surface area contributed by atoms with Gasteiger partial charge in [-0.05, 0) is 19.2 Å². The maximum atomic E-state index is 3.55. The topological polar surface area (TPSA) is 3.24 Å². The lowest BCUT2D eigenvalue weighted by molar-refractivity contribution is 0.484. The van der Waals surface area contributed by atoms with Crippen LogP contribution in [0.4, 0.5) is 0 Å². The van der Waals surface area contributed by atoms with Crippen molar-refractivity contribution in [3.8, 4) is 0 Å². The van der Waals surface area contributed by atoms with E-state index in [-0.39, 0.29) is 0 Å². The molecular weight excluding hydrogens is 98.1 g/mol. The van der Waals surface area contributed by atoms with Crippen LogP contribution >= 0.6 is 0 Å². The summed E-state index contributed by atoms with van der Waals surface area (Å²) in [5.41, 5.74) is 0. The van der Waals surface area contributed by atoms with Gasteiger partial charge in [-0.2, -0.15) is 0 Å². The molecule has 0 heterocycles. The van der Waals surface area contributed by atoms with Crippen LogP contribution in [0, 0.1) is 0 Å². The maximum Gasteiger partial charge on any atom is 0.0140 e. The minimum Gasteiger partial charge on any atom is -0.381 e. The van der Waals surface area contributed by atoms with Gasteiger partial charge in [0.15, 0.2) is 0 Å². The first kappa shape index (κ1) is 7.28. The minimum atomic E-state index is 1.05. The van der Waals surface area contributed by atoms with Gasteiger partial charge in [-0.1, -0.05) is 12.7 Å². The molecule has 0 radical (unpaired) electrons. The van der Waals surface area contributed by atoms with Crippen LogP contribution in [0.2, 0.25) is 0 Å². The summed E-state index contributed by atoms with van der Waals surface area (Å²) in [5, 5.41) is 0. The standard InChI is InChI=1S/C7H13N/c1-4-6-7-8(3)5-2/h4,6-7H,1,5H2,2-3H3/b7-6-. The highest BCUT2D eigenvalue weighted by Crippen LogP contribution is 1.81. The van der Waals surface area contributed by atoms with E-state index in [2.05, 4.69) is 18.4 Å². The average molecular weight is 111 g/mol. The molecule has 0 rings (SSSR count). The molecule has 0 aromatic carbocycles. The lowest BCUT2D eigenvalue weighted by atomic mass is 10.5. The van der Waals surface area contributed by atoms with Crippen LogP contribution in [0.5, 0.6) is 0 Å². The molecule has 0 fully saturated rings. The van der Waals surface area contributed by atoms with E-state index in [4.69, 9.17) is 0 Å². The monoisotopic (exact) mass is 111 g/mol. The summed E-state index contributed by atoms with van der Waals surface area (Å²) in [4.78, 5) is 2.08. The smallest absolute Gasteiger partial charge is 0.0140 e. The molecule has 0 aliphatic carbocycles. The summed E-state index contributed by atoms with van der Waals surface area (Å²) in [6.45, 7) is 6.70. The van der Waals surface area contributed by atoms with Crippen molar-refractivity contribution in [2.75, 3.05) is 13.6 Å². The number of rotatable bonds is 3. The Balaban J connectivity index is 3.35. The third kappa shape index (κ3) is 3.47. The SMILES string of the molecule is C=C/C=C\N(C)CC. The van der Waals surface area contributed by atoms with E-state index < -0.39 is 0 Å². The summed E-state index contributed by atoms with van der Waals surface area (Å²) in [7, 11) is 2.03. The zero-order chi connectivity index (χ0) is 6.41. The second kappa shape index (κ2) is 4.44. The van der Waals surface area contributed by atoms with Crippen molar-refractivity contribution >= 4 is 0 Å². The molecule has 0 aromatic rings. The molecule has 0 spiro atoms. The Labute approximate surface area is 51.3 Å². The normalized spacial score (nSPS) is 9.75. The van der Waals surface area contributed by atoms with Crippen molar-refractivity contribution in [2.24, 2.45) is 0 Å². The van der Waals surface area contributed by atoms with Crippen molar-refractivity contribution in [1.29, 1.82) is 0 Å². The van der Waals surface area contributed by atoms with Gasteiger partial charge in [0.2, 0.25) is 0 Å². The van der Waals surface area contributed by atoms with E-state index in [1.54, 1.807) is 6.08 Å². The molecule has 8 heavy (non-hydrogen) atoms. The number of nitrogens with zero attached hydrogens (tertiary/aromatic N) is 1. The minimum absolute atomic E-state index is 1.05. The summed E-state index contributed by atoms with van der Waals surface area (Å²) in [6, 6.07) is 0. The lowest BCUT2D eigenvalue weighted by Gasteiger charge is -2.07. The predicted octanol–water partition coefficient (Wildman–Crippen LogP) is 1.64. The number of allylic oxidation sites excluding steroid dienone is 2. The molecule has 1 heteroatoms.